The lowest BCUT2D eigenvalue weighted by atomic mass is 10.2. The summed E-state index contributed by atoms with van der Waals surface area (Å²) in [5.41, 5.74) is 6.62. The molecule has 5 heteroatoms. The first-order chi connectivity index (χ1) is 9.55. The van der Waals surface area contributed by atoms with Crippen LogP contribution < -0.4 is 15.8 Å². The summed E-state index contributed by atoms with van der Waals surface area (Å²) in [6.45, 7) is 4.71. The molecule has 2 atom stereocenters. The Labute approximate surface area is 120 Å². The van der Waals surface area contributed by atoms with E-state index in [9.17, 15) is 4.79 Å². The van der Waals surface area contributed by atoms with Gasteiger partial charge < -0.3 is 20.5 Å². The highest BCUT2D eigenvalue weighted by molar-refractivity contribution is 5.76. The molecule has 0 bridgehead atoms. The maximum absolute atomic E-state index is 11.7. The summed E-state index contributed by atoms with van der Waals surface area (Å²) in [5.74, 6) is 0.727. The van der Waals surface area contributed by atoms with Gasteiger partial charge in [0.2, 0.25) is 5.91 Å². The van der Waals surface area contributed by atoms with Gasteiger partial charge in [-0.25, -0.2) is 0 Å². The average Bonchev–Trinajstić information content (AvgIpc) is 2.42. The third kappa shape index (κ3) is 6.04. The van der Waals surface area contributed by atoms with Crippen LogP contribution in [0.4, 0.5) is 0 Å². The Morgan fingerprint density at radius 3 is 2.80 bits per heavy atom. The van der Waals surface area contributed by atoms with Crippen molar-refractivity contribution < 1.29 is 14.3 Å². The number of methoxy groups -OCH3 is 1. The van der Waals surface area contributed by atoms with Crippen molar-refractivity contribution in [2.45, 2.75) is 32.5 Å². The van der Waals surface area contributed by atoms with Crippen LogP contribution in [0.15, 0.2) is 24.3 Å². The Bertz CT molecular complexity index is 419. The number of hydrogen-bond donors (Lipinski definition) is 2. The Balaban J connectivity index is 2.32. The van der Waals surface area contributed by atoms with Gasteiger partial charge in [0.1, 0.15) is 11.9 Å². The molecule has 3 N–H and O–H groups in total. The van der Waals surface area contributed by atoms with Gasteiger partial charge in [0.15, 0.2) is 0 Å². The number of carbonyl (C=O) groups excluding carboxylic acids is 1. The number of rotatable bonds is 8. The SMILES string of the molecule is COC(CN)CC(=O)NCC(C)Oc1cccc(C)c1. The van der Waals surface area contributed by atoms with Gasteiger partial charge in [-0.05, 0) is 31.5 Å². The monoisotopic (exact) mass is 280 g/mol. The summed E-state index contributed by atoms with van der Waals surface area (Å²) in [6, 6.07) is 7.83. The largest absolute Gasteiger partial charge is 0.489 e. The quantitative estimate of drug-likeness (QED) is 0.751. The number of hydrogen-bond acceptors (Lipinski definition) is 4. The van der Waals surface area contributed by atoms with Crippen LogP contribution in [0.3, 0.4) is 0 Å². The van der Waals surface area contributed by atoms with Crippen LogP contribution in [0, 0.1) is 6.92 Å². The zero-order chi connectivity index (χ0) is 15.0. The molecule has 0 aliphatic heterocycles. The van der Waals surface area contributed by atoms with Gasteiger partial charge in [0, 0.05) is 13.7 Å². The molecule has 1 amide bonds. The van der Waals surface area contributed by atoms with Crippen molar-refractivity contribution in [1.82, 2.24) is 5.32 Å². The average molecular weight is 280 g/mol. The number of amides is 1. The fraction of sp³-hybridized carbons (Fsp3) is 0.533. The molecule has 20 heavy (non-hydrogen) atoms. The number of ether oxygens (including phenoxy) is 2. The van der Waals surface area contributed by atoms with E-state index in [1.165, 1.54) is 0 Å². The third-order valence-corrected chi connectivity index (χ3v) is 2.92. The van der Waals surface area contributed by atoms with E-state index in [1.54, 1.807) is 7.11 Å². The zero-order valence-corrected chi connectivity index (χ0v) is 12.4. The Kier molecular flexibility index (Phi) is 7.04. The molecular formula is C15H24N2O3. The predicted molar refractivity (Wildman–Crippen MR) is 78.7 cm³/mol. The lowest BCUT2D eigenvalue weighted by Gasteiger charge is -2.17. The molecule has 1 aromatic rings. The molecule has 0 heterocycles. The molecular weight excluding hydrogens is 256 g/mol. The van der Waals surface area contributed by atoms with Crippen LogP contribution in [-0.4, -0.2) is 38.3 Å². The topological polar surface area (TPSA) is 73.6 Å². The number of nitrogens with one attached hydrogen (secondary N) is 1. The molecule has 0 aromatic heterocycles. The molecule has 112 valence electrons. The molecule has 0 saturated carbocycles. The highest BCUT2D eigenvalue weighted by Gasteiger charge is 2.12. The molecule has 0 aliphatic carbocycles. The Morgan fingerprint density at radius 1 is 1.45 bits per heavy atom. The van der Waals surface area contributed by atoms with Gasteiger partial charge in [-0.2, -0.15) is 0 Å². The van der Waals surface area contributed by atoms with Gasteiger partial charge in [-0.3, -0.25) is 4.79 Å². The second-order valence-electron chi connectivity index (χ2n) is 4.85. The van der Waals surface area contributed by atoms with Crippen molar-refractivity contribution in [2.24, 2.45) is 5.73 Å². The number of benzene rings is 1. The standard InChI is InChI=1S/C15H24N2O3/c1-11-5-4-6-13(7-11)20-12(2)10-17-15(18)8-14(9-16)19-3/h4-7,12,14H,8-10,16H2,1-3H3,(H,17,18). The van der Waals surface area contributed by atoms with E-state index in [4.69, 9.17) is 15.2 Å². The Morgan fingerprint density at radius 2 is 2.20 bits per heavy atom. The highest BCUT2D eigenvalue weighted by atomic mass is 16.5. The van der Waals surface area contributed by atoms with E-state index < -0.39 is 0 Å². The second-order valence-corrected chi connectivity index (χ2v) is 4.85. The van der Waals surface area contributed by atoms with Crippen LogP contribution in [0.25, 0.3) is 0 Å². The smallest absolute Gasteiger partial charge is 0.222 e. The van der Waals surface area contributed by atoms with Gasteiger partial charge in [0.25, 0.3) is 0 Å². The summed E-state index contributed by atoms with van der Waals surface area (Å²) >= 11 is 0. The Hall–Kier alpha value is -1.59. The van der Waals surface area contributed by atoms with Gasteiger partial charge >= 0.3 is 0 Å². The van der Waals surface area contributed by atoms with Crippen molar-refractivity contribution >= 4 is 5.91 Å². The first-order valence-electron chi connectivity index (χ1n) is 6.78. The zero-order valence-electron chi connectivity index (χ0n) is 12.4. The van der Waals surface area contributed by atoms with Crippen LogP contribution in [0.2, 0.25) is 0 Å². The normalized spacial score (nSPS) is 13.6. The van der Waals surface area contributed by atoms with Crippen LogP contribution in [0.5, 0.6) is 5.75 Å². The fourth-order valence-electron chi connectivity index (χ4n) is 1.76. The summed E-state index contributed by atoms with van der Waals surface area (Å²) in [6.07, 6.45) is -0.0629. The van der Waals surface area contributed by atoms with Crippen molar-refractivity contribution in [3.8, 4) is 5.75 Å². The van der Waals surface area contributed by atoms with Crippen molar-refractivity contribution in [3.63, 3.8) is 0 Å². The van der Waals surface area contributed by atoms with Crippen molar-refractivity contribution in [3.05, 3.63) is 29.8 Å². The second kappa shape index (κ2) is 8.55. The molecule has 1 rings (SSSR count). The summed E-state index contributed by atoms with van der Waals surface area (Å²) in [5, 5.41) is 2.82. The predicted octanol–water partition coefficient (Wildman–Crippen LogP) is 1.24. The fourth-order valence-corrected chi connectivity index (χ4v) is 1.76. The number of aryl methyl sites for hydroxylation is 1. The maximum atomic E-state index is 11.7. The third-order valence-electron chi connectivity index (χ3n) is 2.92. The van der Waals surface area contributed by atoms with Crippen molar-refractivity contribution in [1.29, 1.82) is 0 Å². The lowest BCUT2D eigenvalue weighted by Crippen LogP contribution is -2.37. The molecule has 0 radical (unpaired) electrons. The first-order valence-corrected chi connectivity index (χ1v) is 6.78. The van der Waals surface area contributed by atoms with Gasteiger partial charge in [0.05, 0.1) is 19.1 Å². The van der Waals surface area contributed by atoms with E-state index in [-0.39, 0.29) is 24.5 Å². The minimum Gasteiger partial charge on any atom is -0.489 e. The first kappa shape index (κ1) is 16.5. The molecule has 5 nitrogen and oxygen atoms in total. The molecule has 0 aliphatic rings. The lowest BCUT2D eigenvalue weighted by molar-refractivity contribution is -0.123. The van der Waals surface area contributed by atoms with Crippen LogP contribution >= 0.6 is 0 Å². The minimum absolute atomic E-state index is 0.0815. The van der Waals surface area contributed by atoms with E-state index in [1.807, 2.05) is 38.1 Å². The van der Waals surface area contributed by atoms with E-state index >= 15 is 0 Å². The molecule has 2 unspecified atom stereocenters. The summed E-state index contributed by atoms with van der Waals surface area (Å²) in [4.78, 5) is 11.7. The van der Waals surface area contributed by atoms with E-state index in [0.29, 0.717) is 13.1 Å². The molecule has 0 saturated heterocycles. The van der Waals surface area contributed by atoms with Gasteiger partial charge in [-0.15, -0.1) is 0 Å². The highest BCUT2D eigenvalue weighted by Crippen LogP contribution is 2.13. The maximum Gasteiger partial charge on any atom is 0.222 e. The minimum atomic E-state index is -0.233. The van der Waals surface area contributed by atoms with Gasteiger partial charge in [-0.1, -0.05) is 12.1 Å². The number of nitrogens with two attached hydrogens (primary N) is 1. The van der Waals surface area contributed by atoms with Crippen LogP contribution in [0.1, 0.15) is 18.9 Å². The summed E-state index contributed by atoms with van der Waals surface area (Å²) < 4.78 is 10.8. The van der Waals surface area contributed by atoms with Crippen LogP contribution in [-0.2, 0) is 9.53 Å². The van der Waals surface area contributed by atoms with Crippen molar-refractivity contribution in [2.75, 3.05) is 20.2 Å². The van der Waals surface area contributed by atoms with E-state index in [2.05, 4.69) is 5.32 Å². The molecule has 0 spiro atoms. The molecule has 0 fully saturated rings. The summed E-state index contributed by atoms with van der Waals surface area (Å²) in [7, 11) is 1.55. The van der Waals surface area contributed by atoms with E-state index in [0.717, 1.165) is 11.3 Å². The number of carbonyl (C=O) groups is 1. The molecule has 1 aromatic carbocycles.